The standard InChI is InChI=1S/C47H91NO5/c1-4-7-10-13-16-19-22-24-27-30-33-36-39-45(50)44(42-49)48-46(51)41-43(38-35-32-29-26-21-18-15-12-9-6-3)53-47(52)40-37-34-31-28-25-23-20-17-14-11-8-5-2/h17,20,43-45,49-50H,4-16,18-19,21-42H2,1-3H3,(H,48,51)/b20-17-. The maximum absolute atomic E-state index is 13.1. The molecule has 0 aliphatic rings. The second-order valence-corrected chi connectivity index (χ2v) is 16.2. The van der Waals surface area contributed by atoms with Crippen molar-refractivity contribution in [2.45, 2.75) is 270 Å². The Morgan fingerprint density at radius 1 is 0.528 bits per heavy atom. The largest absolute Gasteiger partial charge is 0.462 e. The molecule has 0 saturated heterocycles. The number of nitrogens with one attached hydrogen (secondary N) is 1. The second-order valence-electron chi connectivity index (χ2n) is 16.2. The first-order valence-corrected chi connectivity index (χ1v) is 23.4. The molecule has 0 spiro atoms. The van der Waals surface area contributed by atoms with Gasteiger partial charge in [0.15, 0.2) is 0 Å². The molecule has 3 atom stereocenters. The van der Waals surface area contributed by atoms with Crippen LogP contribution in [0.15, 0.2) is 12.2 Å². The van der Waals surface area contributed by atoms with Crippen LogP contribution in [0, 0.1) is 0 Å². The Hall–Kier alpha value is -1.40. The van der Waals surface area contributed by atoms with Gasteiger partial charge in [0, 0.05) is 6.42 Å². The summed E-state index contributed by atoms with van der Waals surface area (Å²) in [6, 6.07) is -0.694. The zero-order chi connectivity index (χ0) is 38.9. The molecule has 0 aromatic heterocycles. The Balaban J connectivity index is 4.53. The van der Waals surface area contributed by atoms with Crippen LogP contribution in [-0.2, 0) is 14.3 Å². The molecule has 0 aromatic carbocycles. The van der Waals surface area contributed by atoms with Crippen molar-refractivity contribution in [3.63, 3.8) is 0 Å². The number of aliphatic hydroxyl groups is 2. The van der Waals surface area contributed by atoms with Crippen molar-refractivity contribution < 1.29 is 24.5 Å². The summed E-state index contributed by atoms with van der Waals surface area (Å²) in [5, 5.41) is 23.6. The molecule has 0 aromatic rings. The van der Waals surface area contributed by atoms with Gasteiger partial charge in [0.2, 0.25) is 5.91 Å². The molecule has 0 aliphatic heterocycles. The minimum atomic E-state index is -0.781. The normalized spacial score (nSPS) is 13.4. The lowest BCUT2D eigenvalue weighted by Gasteiger charge is -2.24. The average molecular weight is 750 g/mol. The Bertz CT molecular complexity index is 802. The van der Waals surface area contributed by atoms with E-state index in [1.54, 1.807) is 0 Å². The van der Waals surface area contributed by atoms with Crippen LogP contribution in [0.4, 0.5) is 0 Å². The number of unbranched alkanes of at least 4 members (excludes halogenated alkanes) is 28. The molecule has 0 aliphatic carbocycles. The summed E-state index contributed by atoms with van der Waals surface area (Å²) in [5.41, 5.74) is 0. The molecular formula is C47H91NO5. The van der Waals surface area contributed by atoms with Gasteiger partial charge in [0.05, 0.1) is 25.2 Å². The lowest BCUT2D eigenvalue weighted by atomic mass is 10.0. The minimum absolute atomic E-state index is 0.0803. The second kappa shape index (κ2) is 41.8. The summed E-state index contributed by atoms with van der Waals surface area (Å²) >= 11 is 0. The Kier molecular flexibility index (Phi) is 40.7. The number of amides is 1. The van der Waals surface area contributed by atoms with E-state index < -0.39 is 18.2 Å². The molecule has 0 heterocycles. The fourth-order valence-corrected chi connectivity index (χ4v) is 7.25. The van der Waals surface area contributed by atoms with Crippen LogP contribution in [0.25, 0.3) is 0 Å². The number of rotatable bonds is 42. The van der Waals surface area contributed by atoms with Crippen LogP contribution >= 0.6 is 0 Å². The van der Waals surface area contributed by atoms with E-state index in [9.17, 15) is 19.8 Å². The molecule has 0 bridgehead atoms. The zero-order valence-electron chi connectivity index (χ0n) is 35.7. The highest BCUT2D eigenvalue weighted by molar-refractivity contribution is 5.77. The SMILES string of the molecule is CCCCC/C=C\CCCCCCCC(=O)OC(CCCCCCCCCCCC)CC(=O)NC(CO)C(O)CCCCCCCCCCCCCC. The van der Waals surface area contributed by atoms with E-state index in [2.05, 4.69) is 38.2 Å². The monoisotopic (exact) mass is 750 g/mol. The summed E-state index contributed by atoms with van der Waals surface area (Å²) in [6.07, 6.45) is 44.1. The number of esters is 1. The number of allylic oxidation sites excluding steroid dienone is 2. The molecule has 6 heteroatoms. The molecule has 0 fully saturated rings. The fraction of sp³-hybridized carbons (Fsp3) is 0.915. The van der Waals surface area contributed by atoms with Crippen LogP contribution in [0.2, 0.25) is 0 Å². The van der Waals surface area contributed by atoms with Crippen molar-refractivity contribution in [3.8, 4) is 0 Å². The van der Waals surface area contributed by atoms with Gasteiger partial charge in [-0.3, -0.25) is 9.59 Å². The van der Waals surface area contributed by atoms with E-state index >= 15 is 0 Å². The van der Waals surface area contributed by atoms with Gasteiger partial charge in [-0.1, -0.05) is 200 Å². The molecule has 0 radical (unpaired) electrons. The molecule has 0 saturated carbocycles. The lowest BCUT2D eigenvalue weighted by molar-refractivity contribution is -0.151. The van der Waals surface area contributed by atoms with Gasteiger partial charge < -0.3 is 20.3 Å². The number of carbonyl (C=O) groups excluding carboxylic acids is 2. The maximum atomic E-state index is 13.1. The van der Waals surface area contributed by atoms with Crippen molar-refractivity contribution in [1.29, 1.82) is 0 Å². The van der Waals surface area contributed by atoms with E-state index in [0.717, 1.165) is 51.4 Å². The smallest absolute Gasteiger partial charge is 0.306 e. The van der Waals surface area contributed by atoms with Crippen molar-refractivity contribution in [2.75, 3.05) is 6.61 Å². The highest BCUT2D eigenvalue weighted by Gasteiger charge is 2.24. The predicted octanol–water partition coefficient (Wildman–Crippen LogP) is 13.4. The summed E-state index contributed by atoms with van der Waals surface area (Å²) in [7, 11) is 0. The quantitative estimate of drug-likeness (QED) is 0.0328. The third-order valence-corrected chi connectivity index (χ3v) is 10.8. The van der Waals surface area contributed by atoms with E-state index in [1.807, 2.05) is 0 Å². The summed E-state index contributed by atoms with van der Waals surface area (Å²) < 4.78 is 5.89. The van der Waals surface area contributed by atoms with Gasteiger partial charge in [-0.15, -0.1) is 0 Å². The highest BCUT2D eigenvalue weighted by Crippen LogP contribution is 2.18. The molecular weight excluding hydrogens is 659 g/mol. The number of ether oxygens (including phenoxy) is 1. The van der Waals surface area contributed by atoms with Crippen LogP contribution in [0.5, 0.6) is 0 Å². The first-order valence-electron chi connectivity index (χ1n) is 23.4. The molecule has 6 nitrogen and oxygen atoms in total. The maximum Gasteiger partial charge on any atom is 0.306 e. The minimum Gasteiger partial charge on any atom is -0.462 e. The van der Waals surface area contributed by atoms with Crippen molar-refractivity contribution in [2.24, 2.45) is 0 Å². The topological polar surface area (TPSA) is 95.9 Å². The van der Waals surface area contributed by atoms with Gasteiger partial charge in [0.25, 0.3) is 0 Å². The van der Waals surface area contributed by atoms with Crippen LogP contribution < -0.4 is 5.32 Å². The first kappa shape index (κ1) is 51.6. The predicted molar refractivity (Wildman–Crippen MR) is 227 cm³/mol. The van der Waals surface area contributed by atoms with E-state index in [0.29, 0.717) is 19.3 Å². The average Bonchev–Trinajstić information content (AvgIpc) is 3.15. The molecule has 0 rings (SSSR count). The molecule has 3 N–H and O–H groups in total. The number of carbonyl (C=O) groups is 2. The number of hydrogen-bond acceptors (Lipinski definition) is 5. The van der Waals surface area contributed by atoms with Gasteiger partial charge in [-0.05, 0) is 51.4 Å². The molecule has 1 amide bonds. The van der Waals surface area contributed by atoms with Gasteiger partial charge in [-0.25, -0.2) is 0 Å². The van der Waals surface area contributed by atoms with E-state index in [1.165, 1.54) is 154 Å². The van der Waals surface area contributed by atoms with E-state index in [4.69, 9.17) is 4.74 Å². The first-order chi connectivity index (χ1) is 26.0. The molecule has 3 unspecified atom stereocenters. The van der Waals surface area contributed by atoms with Crippen molar-refractivity contribution in [3.05, 3.63) is 12.2 Å². The van der Waals surface area contributed by atoms with Crippen LogP contribution in [-0.4, -0.2) is 46.9 Å². The fourth-order valence-electron chi connectivity index (χ4n) is 7.25. The van der Waals surface area contributed by atoms with E-state index in [-0.39, 0.29) is 24.9 Å². The summed E-state index contributed by atoms with van der Waals surface area (Å²) in [5.74, 6) is -0.474. The van der Waals surface area contributed by atoms with Crippen molar-refractivity contribution >= 4 is 11.9 Å². The third kappa shape index (κ3) is 37.3. The Morgan fingerprint density at radius 2 is 0.906 bits per heavy atom. The van der Waals surface area contributed by atoms with Gasteiger partial charge in [0.1, 0.15) is 6.10 Å². The van der Waals surface area contributed by atoms with Crippen LogP contribution in [0.1, 0.15) is 252 Å². The summed E-state index contributed by atoms with van der Waals surface area (Å²) in [6.45, 7) is 6.45. The Morgan fingerprint density at radius 3 is 1.38 bits per heavy atom. The lowest BCUT2D eigenvalue weighted by Crippen LogP contribution is -2.46. The molecule has 314 valence electrons. The Labute approximate surface area is 329 Å². The van der Waals surface area contributed by atoms with Gasteiger partial charge in [-0.2, -0.15) is 0 Å². The molecule has 53 heavy (non-hydrogen) atoms. The zero-order valence-corrected chi connectivity index (χ0v) is 35.7. The third-order valence-electron chi connectivity index (χ3n) is 10.8. The van der Waals surface area contributed by atoms with Crippen molar-refractivity contribution in [1.82, 2.24) is 5.32 Å². The summed E-state index contributed by atoms with van der Waals surface area (Å²) in [4.78, 5) is 25.9. The highest BCUT2D eigenvalue weighted by atomic mass is 16.5. The van der Waals surface area contributed by atoms with Crippen LogP contribution in [0.3, 0.4) is 0 Å². The number of aliphatic hydroxyl groups excluding tert-OH is 2. The van der Waals surface area contributed by atoms with Gasteiger partial charge >= 0.3 is 5.97 Å². The number of hydrogen-bond donors (Lipinski definition) is 3.